The molecule has 0 aliphatic heterocycles. The minimum atomic E-state index is -0.765. The lowest BCUT2D eigenvalue weighted by Gasteiger charge is -2.36. The SMILES string of the molecule is Oc1ccc(-c2cc(-c3cn(C(c4ccccc4)(c4ccccc4)c4ccccc4)nc3-c3ccccn3)ccn2)cc1. The highest BCUT2D eigenvalue weighted by atomic mass is 16.3. The van der Waals surface area contributed by atoms with Crippen LogP contribution < -0.4 is 0 Å². The molecule has 5 nitrogen and oxygen atoms in total. The fraction of sp³-hybridized carbons (Fsp3) is 0.0263. The van der Waals surface area contributed by atoms with Crippen LogP contribution in [0.25, 0.3) is 33.8 Å². The summed E-state index contributed by atoms with van der Waals surface area (Å²) in [6.07, 6.45) is 5.74. The smallest absolute Gasteiger partial charge is 0.138 e. The molecule has 0 fully saturated rings. The number of rotatable bonds is 7. The first-order chi connectivity index (χ1) is 21.2. The van der Waals surface area contributed by atoms with Gasteiger partial charge in [-0.2, -0.15) is 5.10 Å². The van der Waals surface area contributed by atoms with E-state index in [0.29, 0.717) is 0 Å². The second kappa shape index (κ2) is 11.2. The normalized spacial score (nSPS) is 11.3. The fourth-order valence-electron chi connectivity index (χ4n) is 5.77. The highest BCUT2D eigenvalue weighted by molar-refractivity contribution is 5.81. The van der Waals surface area contributed by atoms with E-state index in [1.165, 1.54) is 0 Å². The number of phenolic OH excluding ortho intramolecular Hbond substituents is 1. The predicted octanol–water partition coefficient (Wildman–Crippen LogP) is 8.22. The summed E-state index contributed by atoms with van der Waals surface area (Å²) in [7, 11) is 0. The monoisotopic (exact) mass is 556 g/mol. The summed E-state index contributed by atoms with van der Waals surface area (Å²) in [6, 6.07) is 48.6. The first kappa shape index (κ1) is 26.1. The topological polar surface area (TPSA) is 63.8 Å². The summed E-state index contributed by atoms with van der Waals surface area (Å²) in [6.45, 7) is 0. The van der Waals surface area contributed by atoms with Crippen LogP contribution in [0.3, 0.4) is 0 Å². The number of aromatic hydroxyl groups is 1. The summed E-state index contributed by atoms with van der Waals surface area (Å²) in [5.41, 5.74) is 7.68. The Hall–Kier alpha value is -5.81. The van der Waals surface area contributed by atoms with Crippen LogP contribution in [0.2, 0.25) is 0 Å². The summed E-state index contributed by atoms with van der Waals surface area (Å²) in [5.74, 6) is 0.220. The van der Waals surface area contributed by atoms with Crippen molar-refractivity contribution in [3.05, 3.63) is 181 Å². The van der Waals surface area contributed by atoms with Crippen LogP contribution in [0.5, 0.6) is 5.75 Å². The standard InChI is InChI=1S/C38H28N4O/c43-33-21-19-28(20-22-33)36-26-29(23-25-40-36)34-27-42(41-37(34)35-18-10-11-24-39-35)38(30-12-4-1-5-13-30,31-14-6-2-7-15-31)32-16-8-3-9-17-32/h1-27,43H. The van der Waals surface area contributed by atoms with Crippen molar-refractivity contribution in [1.29, 1.82) is 0 Å². The number of nitrogens with zero attached hydrogens (tertiary/aromatic N) is 4. The van der Waals surface area contributed by atoms with Gasteiger partial charge < -0.3 is 5.11 Å². The van der Waals surface area contributed by atoms with Gasteiger partial charge >= 0.3 is 0 Å². The molecule has 0 aliphatic rings. The fourth-order valence-corrected chi connectivity index (χ4v) is 5.77. The average molecular weight is 557 g/mol. The molecule has 206 valence electrons. The largest absolute Gasteiger partial charge is 0.508 e. The van der Waals surface area contributed by atoms with Gasteiger partial charge in [-0.05, 0) is 70.8 Å². The Labute approximate surface area is 250 Å². The molecule has 7 rings (SSSR count). The first-order valence-corrected chi connectivity index (χ1v) is 14.2. The molecular weight excluding hydrogens is 528 g/mol. The maximum atomic E-state index is 9.82. The molecule has 0 radical (unpaired) electrons. The average Bonchev–Trinajstić information content (AvgIpc) is 3.53. The van der Waals surface area contributed by atoms with Crippen molar-refractivity contribution in [2.24, 2.45) is 0 Å². The second-order valence-corrected chi connectivity index (χ2v) is 10.3. The van der Waals surface area contributed by atoms with E-state index in [2.05, 4.69) is 94.7 Å². The van der Waals surface area contributed by atoms with Gasteiger partial charge in [0.15, 0.2) is 0 Å². The van der Waals surface area contributed by atoms with Crippen molar-refractivity contribution in [2.45, 2.75) is 5.54 Å². The molecule has 4 aromatic carbocycles. The van der Waals surface area contributed by atoms with Crippen LogP contribution in [-0.4, -0.2) is 24.9 Å². The molecule has 0 amide bonds. The highest BCUT2D eigenvalue weighted by Crippen LogP contribution is 2.43. The Morgan fingerprint density at radius 2 is 1.07 bits per heavy atom. The van der Waals surface area contributed by atoms with Gasteiger partial charge in [0, 0.05) is 29.7 Å². The molecule has 3 heterocycles. The maximum Gasteiger partial charge on any atom is 0.138 e. The molecule has 0 saturated carbocycles. The van der Waals surface area contributed by atoms with E-state index in [4.69, 9.17) is 10.1 Å². The lowest BCUT2D eigenvalue weighted by Crippen LogP contribution is -2.38. The molecule has 0 saturated heterocycles. The van der Waals surface area contributed by atoms with Gasteiger partial charge in [0.1, 0.15) is 17.0 Å². The Morgan fingerprint density at radius 1 is 0.512 bits per heavy atom. The lowest BCUT2D eigenvalue weighted by molar-refractivity contribution is 0.461. The third-order valence-corrected chi connectivity index (χ3v) is 7.77. The zero-order valence-electron chi connectivity index (χ0n) is 23.3. The molecule has 1 N–H and O–H groups in total. The molecule has 0 atom stereocenters. The van der Waals surface area contributed by atoms with Crippen molar-refractivity contribution in [3.63, 3.8) is 0 Å². The molecule has 3 aromatic heterocycles. The minimum Gasteiger partial charge on any atom is -0.508 e. The van der Waals surface area contributed by atoms with E-state index in [1.807, 2.05) is 60.8 Å². The van der Waals surface area contributed by atoms with Crippen LogP contribution in [0.4, 0.5) is 0 Å². The Balaban J connectivity index is 1.53. The Kier molecular flexibility index (Phi) is 6.82. The van der Waals surface area contributed by atoms with Gasteiger partial charge in [-0.15, -0.1) is 0 Å². The summed E-state index contributed by atoms with van der Waals surface area (Å²) in [5, 5.41) is 15.2. The van der Waals surface area contributed by atoms with E-state index < -0.39 is 5.54 Å². The molecule has 0 aliphatic carbocycles. The number of aromatic nitrogens is 4. The maximum absolute atomic E-state index is 9.82. The summed E-state index contributed by atoms with van der Waals surface area (Å²) in [4.78, 5) is 9.36. The number of pyridine rings is 2. The van der Waals surface area contributed by atoms with E-state index in [0.717, 1.165) is 50.5 Å². The van der Waals surface area contributed by atoms with Crippen LogP contribution >= 0.6 is 0 Å². The van der Waals surface area contributed by atoms with Crippen molar-refractivity contribution >= 4 is 0 Å². The van der Waals surface area contributed by atoms with Crippen molar-refractivity contribution < 1.29 is 5.11 Å². The third-order valence-electron chi connectivity index (χ3n) is 7.77. The molecule has 43 heavy (non-hydrogen) atoms. The van der Waals surface area contributed by atoms with Gasteiger partial charge in [-0.1, -0.05) is 97.1 Å². The van der Waals surface area contributed by atoms with Crippen molar-refractivity contribution in [2.75, 3.05) is 0 Å². The van der Waals surface area contributed by atoms with Crippen LogP contribution in [-0.2, 0) is 5.54 Å². The van der Waals surface area contributed by atoms with E-state index in [1.54, 1.807) is 18.3 Å². The van der Waals surface area contributed by atoms with Gasteiger partial charge in [-0.25, -0.2) is 0 Å². The van der Waals surface area contributed by atoms with Gasteiger partial charge in [-0.3, -0.25) is 14.6 Å². The van der Waals surface area contributed by atoms with Crippen molar-refractivity contribution in [3.8, 4) is 39.5 Å². The lowest BCUT2D eigenvalue weighted by atomic mass is 9.77. The molecular formula is C38H28N4O. The van der Waals surface area contributed by atoms with Gasteiger partial charge in [0.25, 0.3) is 0 Å². The van der Waals surface area contributed by atoms with Crippen LogP contribution in [0.15, 0.2) is 164 Å². The predicted molar refractivity (Wildman–Crippen MR) is 170 cm³/mol. The zero-order valence-corrected chi connectivity index (χ0v) is 23.3. The summed E-state index contributed by atoms with van der Waals surface area (Å²) >= 11 is 0. The Morgan fingerprint density at radius 3 is 1.63 bits per heavy atom. The molecule has 5 heteroatoms. The third kappa shape index (κ3) is 4.77. The minimum absolute atomic E-state index is 0.220. The van der Waals surface area contributed by atoms with Gasteiger partial charge in [0.2, 0.25) is 0 Å². The molecule has 0 bridgehead atoms. The highest BCUT2D eigenvalue weighted by Gasteiger charge is 2.40. The summed E-state index contributed by atoms with van der Waals surface area (Å²) < 4.78 is 2.09. The van der Waals surface area contributed by atoms with E-state index in [9.17, 15) is 5.11 Å². The number of phenols is 1. The van der Waals surface area contributed by atoms with E-state index >= 15 is 0 Å². The second-order valence-electron chi connectivity index (χ2n) is 10.3. The zero-order chi connectivity index (χ0) is 29.1. The number of hydrogen-bond donors (Lipinski definition) is 1. The Bertz CT molecular complexity index is 1860. The van der Waals surface area contributed by atoms with Crippen molar-refractivity contribution in [1.82, 2.24) is 19.7 Å². The van der Waals surface area contributed by atoms with Crippen LogP contribution in [0, 0.1) is 0 Å². The molecule has 7 aromatic rings. The number of benzene rings is 4. The number of hydrogen-bond acceptors (Lipinski definition) is 4. The molecule has 0 unspecified atom stereocenters. The quantitative estimate of drug-likeness (QED) is 0.201. The first-order valence-electron chi connectivity index (χ1n) is 14.2. The van der Waals surface area contributed by atoms with Gasteiger partial charge in [0.05, 0.1) is 11.4 Å². The molecule has 0 spiro atoms. The van der Waals surface area contributed by atoms with Crippen LogP contribution in [0.1, 0.15) is 16.7 Å². The van der Waals surface area contributed by atoms with E-state index in [-0.39, 0.29) is 5.75 Å².